The van der Waals surface area contributed by atoms with Crippen LogP contribution in [-0.4, -0.2) is 57.8 Å². The van der Waals surface area contributed by atoms with E-state index in [-0.39, 0.29) is 76.7 Å². The molecule has 7 saturated carbocycles. The van der Waals surface area contributed by atoms with E-state index < -0.39 is 52.5 Å². The van der Waals surface area contributed by atoms with E-state index in [9.17, 15) is 20.1 Å². The number of rotatable bonds is 11. The highest BCUT2D eigenvalue weighted by molar-refractivity contribution is 5.93. The largest absolute Gasteiger partial charge is 0.462 e. The maximum Gasteiger partial charge on any atom is 0.331 e. The molecule has 2 spiro atoms. The Bertz CT molecular complexity index is 3480. The van der Waals surface area contributed by atoms with Gasteiger partial charge in [0.05, 0.1) is 29.1 Å². The van der Waals surface area contributed by atoms with E-state index in [1.54, 1.807) is 28.2 Å². The number of hydrogen-bond donors (Lipinski definition) is 3. The first kappa shape index (κ1) is 58.1. The second-order valence-corrected chi connectivity index (χ2v) is 32.4. The van der Waals surface area contributed by atoms with Crippen LogP contribution in [0, 0.1) is 92.7 Å². The van der Waals surface area contributed by atoms with Gasteiger partial charge in [0, 0.05) is 35.7 Å². The van der Waals surface area contributed by atoms with Crippen molar-refractivity contribution in [2.24, 2.45) is 80.8 Å². The molecule has 7 nitrogen and oxygen atoms in total. The fourth-order valence-electron chi connectivity index (χ4n) is 25.2. The van der Waals surface area contributed by atoms with Gasteiger partial charge in [-0.05, 0) is 236 Å². The van der Waals surface area contributed by atoms with Crippen molar-refractivity contribution in [3.8, 4) is 11.8 Å². The summed E-state index contributed by atoms with van der Waals surface area (Å²) in [4.78, 5) is 28.4. The van der Waals surface area contributed by atoms with E-state index in [0.29, 0.717) is 55.8 Å². The highest BCUT2D eigenvalue weighted by Gasteiger charge is 2.78. The predicted molar refractivity (Wildman–Crippen MR) is 346 cm³/mol. The minimum Gasteiger partial charge on any atom is -0.462 e. The second kappa shape index (κ2) is 21.8. The molecule has 7 heteroatoms. The number of carbonyl (C=O) groups excluding carboxylic acids is 2. The van der Waals surface area contributed by atoms with E-state index in [1.807, 2.05) is 0 Å². The van der Waals surface area contributed by atoms with Crippen LogP contribution in [-0.2, 0) is 30.9 Å². The van der Waals surface area contributed by atoms with Gasteiger partial charge in [-0.25, -0.2) is 4.79 Å². The van der Waals surface area contributed by atoms with Crippen molar-refractivity contribution in [3.63, 3.8) is 0 Å². The van der Waals surface area contributed by atoms with Crippen LogP contribution in [0.3, 0.4) is 0 Å². The number of carbonyl (C=O) groups is 2. The maximum absolute atomic E-state index is 15.6. The van der Waals surface area contributed by atoms with Crippen LogP contribution in [0.2, 0.25) is 0 Å². The van der Waals surface area contributed by atoms with Gasteiger partial charge in [0.15, 0.2) is 0 Å². The molecule has 2 heterocycles. The number of benzene rings is 4. The molecule has 4 aromatic rings. The molecule has 2 aliphatic heterocycles. The summed E-state index contributed by atoms with van der Waals surface area (Å²) < 4.78 is 12.9. The molecule has 0 aromatic heterocycles. The Hall–Kier alpha value is -5.00. The van der Waals surface area contributed by atoms with Gasteiger partial charge in [0.25, 0.3) is 0 Å². The molecule has 0 saturated heterocycles. The quantitative estimate of drug-likeness (QED) is 0.0779. The molecule has 88 heavy (non-hydrogen) atoms. The molecule has 16 rings (SSSR count). The first-order chi connectivity index (χ1) is 42.7. The van der Waals surface area contributed by atoms with Crippen LogP contribution < -0.4 is 0 Å². The Labute approximate surface area is 524 Å². The SMILES string of the molecule is C[C@H](CCCc1ccccc1)C[C@@H]1/C=C/[C@@H]2CCCC[C@H]2C(=O)O[C@@H]2C[C@@H](C)[C@](O)(CCC3=CC(=O)OC3)[C@]3([C@H](O)CC[C@@](C)([C@H]4C[C@H]5c6cccc7ccc8c(c67)[C@@H]6[C@@H](C[C@@]7(c9ccccc9)CCCC[C@@H]87)[C@]78CC[C@H](CC#C[C@H]4C[C@]65C7)C8)[C@H]23)[C@@H]1O. The van der Waals surface area contributed by atoms with Gasteiger partial charge in [-0.3, -0.25) is 4.79 Å². The van der Waals surface area contributed by atoms with Gasteiger partial charge in [0.1, 0.15) is 12.7 Å². The zero-order valence-corrected chi connectivity index (χ0v) is 53.0. The smallest absolute Gasteiger partial charge is 0.331 e. The Morgan fingerprint density at radius 3 is 2.42 bits per heavy atom. The summed E-state index contributed by atoms with van der Waals surface area (Å²) in [5.41, 5.74) is 5.13. The molecule has 0 amide bonds. The van der Waals surface area contributed by atoms with Gasteiger partial charge in [0.2, 0.25) is 0 Å². The lowest BCUT2D eigenvalue weighted by Gasteiger charge is -2.71. The van der Waals surface area contributed by atoms with Gasteiger partial charge >= 0.3 is 11.9 Å². The van der Waals surface area contributed by atoms with E-state index in [2.05, 4.69) is 136 Å². The highest BCUT2D eigenvalue weighted by Crippen LogP contribution is 2.82. The number of hydrogen-bond acceptors (Lipinski definition) is 7. The van der Waals surface area contributed by atoms with Crippen molar-refractivity contribution in [1.82, 2.24) is 0 Å². The molecule has 0 radical (unpaired) electrons. The molecule has 22 atom stereocenters. The van der Waals surface area contributed by atoms with Crippen molar-refractivity contribution < 1.29 is 34.4 Å². The van der Waals surface area contributed by atoms with Crippen molar-refractivity contribution in [1.29, 1.82) is 0 Å². The number of esters is 2. The standard InChI is InChI=1S/C81H98O7/c1-50(17-14-20-52-18-6-4-7-19-52)41-57-31-30-55-22-10-11-27-60(55)75(85)88-67-42-51(2)80(86,40-35-54-43-69(83)87-48-54)81(74(57)84)68(82)36-38-76(3,73(67)81)64-44-65-61-28-16-23-56-32-33-62-63-29-12-13-37-78(63,59-25-8-5-9-26-59)47-66-72(71(62)70(56)61)79(65)46-58(64)24-15-21-53-34-39-77(66,45-53)49-79/h4-9,16,18-19,23,25-26,28,30-33,43,50-51,53,55,57-58,60,63-68,72-74,82,84,86H,10-14,17,20-22,27,29,34-42,44-49H2,1-3H3/b31-30+/t50-,51-,53+,55+,57+,58+,60-,63+,64+,65+,66-,67-,68-,72+,73+,74-,76+,77+,78-,79-,80-,81+/m1/s1. The number of aliphatic hydroxyl groups excluding tert-OH is 2. The van der Waals surface area contributed by atoms with Crippen LogP contribution in [0.4, 0.5) is 0 Å². The number of allylic oxidation sites excluding steroid dienone is 1. The summed E-state index contributed by atoms with van der Waals surface area (Å²) in [7, 11) is 0. The summed E-state index contributed by atoms with van der Waals surface area (Å²) in [6.07, 6.45) is 26.9. The lowest BCUT2D eigenvalue weighted by molar-refractivity contribution is -0.333. The summed E-state index contributed by atoms with van der Waals surface area (Å²) >= 11 is 0. The van der Waals surface area contributed by atoms with E-state index in [4.69, 9.17) is 9.47 Å². The minimum atomic E-state index is -1.63. The lowest BCUT2D eigenvalue weighted by Crippen LogP contribution is -2.78. The summed E-state index contributed by atoms with van der Waals surface area (Å²) in [5, 5.41) is 46.3. The lowest BCUT2D eigenvalue weighted by atomic mass is 9.35. The Kier molecular flexibility index (Phi) is 14.4. The van der Waals surface area contributed by atoms with Gasteiger partial charge in [-0.2, -0.15) is 0 Å². The molecule has 6 bridgehead atoms. The third-order valence-electron chi connectivity index (χ3n) is 28.6. The minimum absolute atomic E-state index is 0.0108. The van der Waals surface area contributed by atoms with Crippen molar-refractivity contribution in [2.45, 2.75) is 228 Å². The average Bonchev–Trinajstić information content (AvgIpc) is 1.29. The van der Waals surface area contributed by atoms with Crippen LogP contribution in [0.15, 0.2) is 115 Å². The first-order valence-corrected chi connectivity index (χ1v) is 35.7. The summed E-state index contributed by atoms with van der Waals surface area (Å²) in [6.45, 7) is 7.11. The van der Waals surface area contributed by atoms with E-state index in [0.717, 1.165) is 69.8 Å². The molecular weight excluding hydrogens is 1080 g/mol. The zero-order chi connectivity index (χ0) is 60.0. The summed E-state index contributed by atoms with van der Waals surface area (Å²) in [6, 6.07) is 35.1. The topological polar surface area (TPSA) is 113 Å². The third-order valence-corrected chi connectivity index (χ3v) is 28.6. The van der Waals surface area contributed by atoms with E-state index in [1.165, 1.54) is 74.3 Å². The molecule has 4 aromatic carbocycles. The first-order valence-electron chi connectivity index (χ1n) is 35.7. The molecule has 7 fully saturated rings. The van der Waals surface area contributed by atoms with Gasteiger partial charge < -0.3 is 24.8 Å². The van der Waals surface area contributed by atoms with Crippen LogP contribution >= 0.6 is 0 Å². The molecule has 464 valence electrons. The fourth-order valence-corrected chi connectivity index (χ4v) is 25.2. The normalized spacial score (nSPS) is 44.1. The number of cyclic esters (lactones) is 1. The van der Waals surface area contributed by atoms with Crippen LogP contribution in [0.1, 0.15) is 220 Å². The number of aliphatic hydroxyl groups is 3. The molecule has 3 N–H and O–H groups in total. The highest BCUT2D eigenvalue weighted by atomic mass is 16.5. The number of aryl methyl sites for hydroxylation is 1. The third kappa shape index (κ3) is 8.64. The molecule has 0 unspecified atom stereocenters. The number of fused-ring (bicyclic) bond motifs is 6. The van der Waals surface area contributed by atoms with Gasteiger partial charge in [-0.1, -0.05) is 162 Å². The maximum atomic E-state index is 15.6. The molecular formula is C81H98O7. The monoisotopic (exact) mass is 1180 g/mol. The van der Waals surface area contributed by atoms with Crippen molar-refractivity contribution >= 4 is 22.7 Å². The average molecular weight is 1180 g/mol. The zero-order valence-electron chi connectivity index (χ0n) is 53.0. The Balaban J connectivity index is 0.878. The Morgan fingerprint density at radius 2 is 1.59 bits per heavy atom. The predicted octanol–water partition coefficient (Wildman–Crippen LogP) is 16.4. The van der Waals surface area contributed by atoms with E-state index >= 15 is 4.79 Å². The molecule has 12 aliphatic rings. The Morgan fingerprint density at radius 1 is 0.773 bits per heavy atom. The van der Waals surface area contributed by atoms with Crippen molar-refractivity contribution in [2.75, 3.05) is 6.61 Å². The molecule has 10 aliphatic carbocycles. The summed E-state index contributed by atoms with van der Waals surface area (Å²) in [5.74, 6) is 8.55. The van der Waals surface area contributed by atoms with Crippen LogP contribution in [0.5, 0.6) is 0 Å². The van der Waals surface area contributed by atoms with Crippen molar-refractivity contribution in [3.05, 3.63) is 143 Å². The van der Waals surface area contributed by atoms with Crippen LogP contribution in [0.25, 0.3) is 10.8 Å². The van der Waals surface area contributed by atoms with Gasteiger partial charge in [-0.15, -0.1) is 5.92 Å². The second-order valence-electron chi connectivity index (χ2n) is 32.4. The fraction of sp³-hybridized carbons (Fsp3) is 0.630. The number of ether oxygens (including phenoxy) is 2.